The van der Waals surface area contributed by atoms with Crippen molar-refractivity contribution >= 4 is 23.4 Å². The first-order chi connectivity index (χ1) is 8.97. The molecule has 0 unspecified atom stereocenters. The van der Waals surface area contributed by atoms with Crippen LogP contribution in [0.2, 0.25) is 0 Å². The standard InChI is InChI=1S/C9H8N6O4/c1-4-13-14-9(19-4)12-8(16)6-2-5(15(17)18)3-11-7(6)10/h2-3H,1H3,(H2,10,11)(H,12,14,16). The van der Waals surface area contributed by atoms with Crippen LogP contribution in [0.5, 0.6) is 0 Å². The number of aromatic nitrogens is 3. The van der Waals surface area contributed by atoms with Crippen molar-refractivity contribution < 1.29 is 14.1 Å². The van der Waals surface area contributed by atoms with Gasteiger partial charge in [-0.3, -0.25) is 20.2 Å². The lowest BCUT2D eigenvalue weighted by Crippen LogP contribution is -2.15. The Bertz CT molecular complexity index is 652. The molecule has 0 fully saturated rings. The second-order valence-corrected chi connectivity index (χ2v) is 3.46. The molecule has 2 rings (SSSR count). The van der Waals surface area contributed by atoms with Crippen molar-refractivity contribution in [2.45, 2.75) is 6.92 Å². The van der Waals surface area contributed by atoms with E-state index in [-0.39, 0.29) is 29.0 Å². The number of pyridine rings is 1. The largest absolute Gasteiger partial charge is 0.408 e. The highest BCUT2D eigenvalue weighted by atomic mass is 16.6. The molecule has 10 nitrogen and oxygen atoms in total. The summed E-state index contributed by atoms with van der Waals surface area (Å²) in [6.45, 7) is 1.55. The van der Waals surface area contributed by atoms with Gasteiger partial charge in [0.15, 0.2) is 0 Å². The number of carbonyl (C=O) groups excluding carboxylic acids is 1. The third-order valence-electron chi connectivity index (χ3n) is 2.11. The highest BCUT2D eigenvalue weighted by molar-refractivity contribution is 6.06. The van der Waals surface area contributed by atoms with E-state index in [1.54, 1.807) is 6.92 Å². The van der Waals surface area contributed by atoms with Crippen molar-refractivity contribution in [3.05, 3.63) is 33.8 Å². The maximum absolute atomic E-state index is 11.8. The Morgan fingerprint density at radius 3 is 2.84 bits per heavy atom. The molecular formula is C9H8N6O4. The van der Waals surface area contributed by atoms with Crippen LogP contribution in [0.25, 0.3) is 0 Å². The minimum absolute atomic E-state index is 0.131. The van der Waals surface area contributed by atoms with Crippen LogP contribution in [0.3, 0.4) is 0 Å². The average molecular weight is 264 g/mol. The number of nitrogens with two attached hydrogens (primary N) is 1. The van der Waals surface area contributed by atoms with Gasteiger partial charge in [-0.2, -0.15) is 0 Å². The molecule has 2 aromatic rings. The highest BCUT2D eigenvalue weighted by Gasteiger charge is 2.18. The fourth-order valence-electron chi connectivity index (χ4n) is 1.26. The minimum atomic E-state index is -0.725. The van der Waals surface area contributed by atoms with Crippen LogP contribution in [-0.2, 0) is 0 Å². The Labute approximate surface area is 105 Å². The summed E-state index contributed by atoms with van der Waals surface area (Å²) in [6.07, 6.45) is 0.961. The summed E-state index contributed by atoms with van der Waals surface area (Å²) in [4.78, 5) is 25.3. The van der Waals surface area contributed by atoms with Crippen molar-refractivity contribution in [1.29, 1.82) is 0 Å². The number of nitro groups is 1. The lowest BCUT2D eigenvalue weighted by Gasteiger charge is -2.03. The van der Waals surface area contributed by atoms with Gasteiger partial charge in [-0.05, 0) is 0 Å². The predicted molar refractivity (Wildman–Crippen MR) is 62.3 cm³/mol. The Morgan fingerprint density at radius 2 is 2.26 bits per heavy atom. The predicted octanol–water partition coefficient (Wildman–Crippen LogP) is 0.516. The summed E-state index contributed by atoms with van der Waals surface area (Å²) in [6, 6.07) is 0.884. The van der Waals surface area contributed by atoms with Gasteiger partial charge in [0.05, 0.1) is 10.5 Å². The second kappa shape index (κ2) is 4.68. The summed E-state index contributed by atoms with van der Waals surface area (Å²) in [7, 11) is 0. The lowest BCUT2D eigenvalue weighted by atomic mass is 10.2. The molecule has 0 saturated carbocycles. The monoisotopic (exact) mass is 264 g/mol. The van der Waals surface area contributed by atoms with Crippen LogP contribution in [0.1, 0.15) is 16.2 Å². The van der Waals surface area contributed by atoms with Gasteiger partial charge in [-0.25, -0.2) is 4.98 Å². The minimum Gasteiger partial charge on any atom is -0.408 e. The number of aryl methyl sites for hydroxylation is 1. The molecule has 98 valence electrons. The van der Waals surface area contributed by atoms with E-state index in [4.69, 9.17) is 10.2 Å². The van der Waals surface area contributed by atoms with Crippen molar-refractivity contribution in [1.82, 2.24) is 15.2 Å². The summed E-state index contributed by atoms with van der Waals surface area (Å²) < 4.78 is 4.94. The Morgan fingerprint density at radius 1 is 1.53 bits per heavy atom. The van der Waals surface area contributed by atoms with E-state index < -0.39 is 10.8 Å². The number of hydrogen-bond acceptors (Lipinski definition) is 8. The lowest BCUT2D eigenvalue weighted by molar-refractivity contribution is -0.385. The van der Waals surface area contributed by atoms with Gasteiger partial charge in [0.25, 0.3) is 11.6 Å². The SMILES string of the molecule is Cc1nnc(NC(=O)c2cc([N+](=O)[O-])cnc2N)o1. The van der Waals surface area contributed by atoms with Crippen LogP contribution in [0, 0.1) is 17.0 Å². The van der Waals surface area contributed by atoms with Crippen LogP contribution >= 0.6 is 0 Å². The smallest absolute Gasteiger partial charge is 0.322 e. The molecule has 19 heavy (non-hydrogen) atoms. The van der Waals surface area contributed by atoms with E-state index in [2.05, 4.69) is 20.5 Å². The third-order valence-corrected chi connectivity index (χ3v) is 2.11. The van der Waals surface area contributed by atoms with Gasteiger partial charge >= 0.3 is 6.01 Å². The van der Waals surface area contributed by atoms with E-state index in [0.717, 1.165) is 12.3 Å². The van der Waals surface area contributed by atoms with Gasteiger partial charge in [0.1, 0.15) is 12.0 Å². The number of carbonyl (C=O) groups is 1. The van der Waals surface area contributed by atoms with E-state index >= 15 is 0 Å². The molecule has 0 radical (unpaired) electrons. The average Bonchev–Trinajstić information content (AvgIpc) is 2.74. The van der Waals surface area contributed by atoms with Gasteiger partial charge in [-0.15, -0.1) is 5.10 Å². The molecule has 2 heterocycles. The molecule has 0 bridgehead atoms. The molecule has 0 aliphatic rings. The molecule has 0 aliphatic heterocycles. The van der Waals surface area contributed by atoms with E-state index in [1.165, 1.54) is 0 Å². The zero-order valence-corrected chi connectivity index (χ0v) is 9.65. The fourth-order valence-corrected chi connectivity index (χ4v) is 1.26. The normalized spacial score (nSPS) is 10.2. The number of nitrogen functional groups attached to an aromatic ring is 1. The van der Waals surface area contributed by atoms with Gasteiger partial charge in [0, 0.05) is 13.0 Å². The summed E-state index contributed by atoms with van der Waals surface area (Å²) in [5.74, 6) is -0.600. The molecule has 0 atom stereocenters. The first-order valence-corrected chi connectivity index (χ1v) is 4.98. The molecule has 0 aliphatic carbocycles. The highest BCUT2D eigenvalue weighted by Crippen LogP contribution is 2.18. The number of rotatable bonds is 3. The zero-order chi connectivity index (χ0) is 14.0. The first kappa shape index (κ1) is 12.4. The van der Waals surface area contributed by atoms with Crippen molar-refractivity contribution in [3.8, 4) is 0 Å². The topological polar surface area (TPSA) is 150 Å². The van der Waals surface area contributed by atoms with Gasteiger partial charge in [-0.1, -0.05) is 5.10 Å². The van der Waals surface area contributed by atoms with E-state index in [1.807, 2.05) is 0 Å². The molecule has 3 N–H and O–H groups in total. The van der Waals surface area contributed by atoms with Gasteiger partial charge in [0.2, 0.25) is 5.89 Å². The summed E-state index contributed by atoms with van der Waals surface area (Å²) in [5.41, 5.74) is 4.99. The number of hydrogen-bond donors (Lipinski definition) is 2. The van der Waals surface area contributed by atoms with Crippen LogP contribution in [0.4, 0.5) is 17.5 Å². The molecule has 2 aromatic heterocycles. The molecule has 10 heteroatoms. The maximum Gasteiger partial charge on any atom is 0.322 e. The maximum atomic E-state index is 11.8. The van der Waals surface area contributed by atoms with Crippen LogP contribution in [0.15, 0.2) is 16.7 Å². The molecule has 1 amide bonds. The van der Waals surface area contributed by atoms with Gasteiger partial charge < -0.3 is 10.2 Å². The molecule has 0 spiro atoms. The Hall–Kier alpha value is -3.04. The Kier molecular flexibility index (Phi) is 3.06. The van der Waals surface area contributed by atoms with E-state index in [9.17, 15) is 14.9 Å². The first-order valence-electron chi connectivity index (χ1n) is 4.98. The zero-order valence-electron chi connectivity index (χ0n) is 9.65. The number of anilines is 2. The van der Waals surface area contributed by atoms with Crippen LogP contribution in [-0.4, -0.2) is 26.0 Å². The number of nitrogens with zero attached hydrogens (tertiary/aromatic N) is 4. The number of nitrogens with one attached hydrogen (secondary N) is 1. The molecule has 0 saturated heterocycles. The van der Waals surface area contributed by atoms with E-state index in [0.29, 0.717) is 0 Å². The molecule has 0 aromatic carbocycles. The Balaban J connectivity index is 2.27. The second-order valence-electron chi connectivity index (χ2n) is 3.46. The summed E-state index contributed by atoms with van der Waals surface area (Å²) >= 11 is 0. The van der Waals surface area contributed by atoms with Crippen molar-refractivity contribution in [3.63, 3.8) is 0 Å². The quantitative estimate of drug-likeness (QED) is 0.601. The van der Waals surface area contributed by atoms with Crippen molar-refractivity contribution in [2.75, 3.05) is 11.1 Å². The van der Waals surface area contributed by atoms with Crippen molar-refractivity contribution in [2.24, 2.45) is 0 Å². The fraction of sp³-hybridized carbons (Fsp3) is 0.111. The molecular weight excluding hydrogens is 256 g/mol. The summed E-state index contributed by atoms with van der Waals surface area (Å²) in [5, 5.41) is 19.9. The number of amides is 1. The van der Waals surface area contributed by atoms with Crippen LogP contribution < -0.4 is 11.1 Å². The third kappa shape index (κ3) is 2.62.